The maximum Gasteiger partial charge on any atom is 0.864 e. The highest BCUT2D eigenvalue weighted by atomic mass is 19.4. The molecule has 0 aliphatic heterocycles. The molecule has 14 heteroatoms. The topological polar surface area (TPSA) is 27.7 Å². The third-order valence-corrected chi connectivity index (χ3v) is 11.8. The van der Waals surface area contributed by atoms with Gasteiger partial charge in [0.05, 0.1) is 41.9 Å². The molecule has 0 amide bonds. The summed E-state index contributed by atoms with van der Waals surface area (Å²) >= 11 is 0. The fourth-order valence-electron chi connectivity index (χ4n) is 8.36. The molecule has 4 nitrogen and oxygen atoms in total. The zero-order valence-corrected chi connectivity index (χ0v) is 37.8. The van der Waals surface area contributed by atoms with E-state index in [1.807, 2.05) is 6.92 Å². The van der Waals surface area contributed by atoms with E-state index >= 15 is 0 Å². The summed E-state index contributed by atoms with van der Waals surface area (Å²) in [5.74, 6) is -0.225. The molecule has 1 atom stereocenters. The molecular formula is C49H70BF9NO3+. The summed E-state index contributed by atoms with van der Waals surface area (Å²) in [5, 5.41) is 0. The van der Waals surface area contributed by atoms with Crippen LogP contribution in [0.5, 0.6) is 17.2 Å². The van der Waals surface area contributed by atoms with Crippen molar-refractivity contribution in [3.8, 4) is 17.2 Å². The van der Waals surface area contributed by atoms with Crippen LogP contribution in [0.2, 0.25) is 0 Å². The average molecular weight is 903 g/mol. The molecule has 0 saturated heterocycles. The van der Waals surface area contributed by atoms with E-state index in [0.717, 1.165) is 196 Å². The van der Waals surface area contributed by atoms with Gasteiger partial charge < -0.3 is 18.4 Å². The number of hydrogen-bond donors (Lipinski definition) is 0. The molecule has 0 N–H and O–H groups in total. The van der Waals surface area contributed by atoms with Crippen LogP contribution in [-0.2, 0) is 18.5 Å². The zero-order valence-electron chi connectivity index (χ0n) is 37.8. The van der Waals surface area contributed by atoms with Crippen molar-refractivity contribution in [1.29, 1.82) is 0 Å². The van der Waals surface area contributed by atoms with Crippen molar-refractivity contribution < 1.29 is 58.0 Å². The molecule has 0 spiro atoms. The Hall–Kier alpha value is -3.55. The molecule has 1 unspecified atom stereocenters. The maximum atomic E-state index is 14.7. The number of unbranched alkanes of at least 4 members (excludes halogenated alkanes) is 15. The Morgan fingerprint density at radius 3 is 1.13 bits per heavy atom. The first-order valence-corrected chi connectivity index (χ1v) is 23.4. The molecule has 0 heterocycles. The molecule has 0 fully saturated rings. The highest BCUT2D eigenvalue weighted by Gasteiger charge is 2.42. The minimum Gasteiger partial charge on any atom is -0.490 e. The second-order valence-corrected chi connectivity index (χ2v) is 16.9. The molecule has 63 heavy (non-hydrogen) atoms. The van der Waals surface area contributed by atoms with Crippen LogP contribution < -0.4 is 14.0 Å². The average Bonchev–Trinajstić information content (AvgIpc) is 3.23. The first-order chi connectivity index (χ1) is 30.0. The lowest BCUT2D eigenvalue weighted by Crippen LogP contribution is -2.53. The van der Waals surface area contributed by atoms with Crippen molar-refractivity contribution in [3.63, 3.8) is 0 Å². The van der Waals surface area contributed by atoms with Crippen LogP contribution >= 0.6 is 0 Å². The second-order valence-electron chi connectivity index (χ2n) is 16.9. The SMILES string of the molecule is CCCCCCCC[N+](CCCCCCCC)(CCCCCCCC)C(CCC)c1cc(C(F)(F)F)ccc1OB(Oc1ccc(C(F)(F)F)cc1)Oc1ccc(C(F)(F)F)cc1. The maximum absolute atomic E-state index is 14.7. The van der Waals surface area contributed by atoms with E-state index in [2.05, 4.69) is 20.8 Å². The van der Waals surface area contributed by atoms with Crippen LogP contribution in [0.1, 0.15) is 184 Å². The predicted molar refractivity (Wildman–Crippen MR) is 235 cm³/mol. The van der Waals surface area contributed by atoms with Gasteiger partial charge in [0.1, 0.15) is 23.3 Å². The Labute approximate surface area is 371 Å². The van der Waals surface area contributed by atoms with E-state index < -0.39 is 48.6 Å². The fraction of sp³-hybridized carbons (Fsp3) is 0.633. The monoisotopic (exact) mass is 903 g/mol. The molecule has 0 aliphatic carbocycles. The summed E-state index contributed by atoms with van der Waals surface area (Å²) in [6.07, 6.45) is 6.29. The number of benzene rings is 3. The summed E-state index contributed by atoms with van der Waals surface area (Å²) in [7, 11) is -1.83. The lowest BCUT2D eigenvalue weighted by molar-refractivity contribution is -0.958. The normalized spacial score (nSPS) is 13.0. The van der Waals surface area contributed by atoms with Gasteiger partial charge in [-0.2, -0.15) is 39.5 Å². The van der Waals surface area contributed by atoms with Crippen molar-refractivity contribution in [3.05, 3.63) is 89.0 Å². The van der Waals surface area contributed by atoms with E-state index in [1.165, 1.54) is 6.07 Å². The first kappa shape index (κ1) is 53.8. The molecule has 0 bridgehead atoms. The van der Waals surface area contributed by atoms with Gasteiger partial charge in [0, 0.05) is 6.42 Å². The highest BCUT2D eigenvalue weighted by molar-refractivity contribution is 6.39. The minimum absolute atomic E-state index is 0.0293. The van der Waals surface area contributed by atoms with E-state index in [1.54, 1.807) is 0 Å². The molecule has 0 radical (unpaired) electrons. The van der Waals surface area contributed by atoms with Crippen LogP contribution in [0, 0.1) is 0 Å². The predicted octanol–water partition coefficient (Wildman–Crippen LogP) is 17.0. The Kier molecular flexibility index (Phi) is 23.1. The van der Waals surface area contributed by atoms with Gasteiger partial charge in [0.25, 0.3) is 0 Å². The summed E-state index contributed by atoms with van der Waals surface area (Å²) in [5.41, 5.74) is -2.43. The molecule has 3 rings (SSSR count). The number of rotatable bonds is 31. The summed E-state index contributed by atoms with van der Waals surface area (Å²) < 4.78 is 144. The Morgan fingerprint density at radius 2 is 0.778 bits per heavy atom. The lowest BCUT2D eigenvalue weighted by atomic mass is 9.92. The van der Waals surface area contributed by atoms with Crippen LogP contribution in [0.15, 0.2) is 66.7 Å². The van der Waals surface area contributed by atoms with Gasteiger partial charge in [-0.3, -0.25) is 0 Å². The van der Waals surface area contributed by atoms with Gasteiger partial charge in [0.15, 0.2) is 0 Å². The van der Waals surface area contributed by atoms with Gasteiger partial charge >= 0.3 is 25.9 Å². The van der Waals surface area contributed by atoms with E-state index in [0.29, 0.717) is 22.9 Å². The van der Waals surface area contributed by atoms with Gasteiger partial charge in [-0.25, -0.2) is 0 Å². The van der Waals surface area contributed by atoms with Crippen molar-refractivity contribution in [2.24, 2.45) is 0 Å². The van der Waals surface area contributed by atoms with Crippen LogP contribution in [0.25, 0.3) is 0 Å². The van der Waals surface area contributed by atoms with Crippen LogP contribution in [0.4, 0.5) is 39.5 Å². The largest absolute Gasteiger partial charge is 0.864 e. The van der Waals surface area contributed by atoms with Crippen LogP contribution in [0.3, 0.4) is 0 Å². The number of nitrogens with zero attached hydrogens (tertiary/aromatic N) is 1. The summed E-state index contributed by atoms with van der Waals surface area (Å²) in [6.45, 7) is 10.8. The molecule has 354 valence electrons. The highest BCUT2D eigenvalue weighted by Crippen LogP contribution is 2.43. The third-order valence-electron chi connectivity index (χ3n) is 11.8. The number of halogens is 9. The summed E-state index contributed by atoms with van der Waals surface area (Å²) in [4.78, 5) is 0. The minimum atomic E-state index is -4.69. The molecular weight excluding hydrogens is 832 g/mol. The van der Waals surface area contributed by atoms with Crippen molar-refractivity contribution in [2.45, 2.75) is 181 Å². The Balaban J connectivity index is 2.20. The van der Waals surface area contributed by atoms with Gasteiger partial charge in [-0.05, 0) is 105 Å². The first-order valence-electron chi connectivity index (χ1n) is 23.4. The van der Waals surface area contributed by atoms with Crippen molar-refractivity contribution in [1.82, 2.24) is 0 Å². The number of alkyl halides is 9. The smallest absolute Gasteiger partial charge is 0.490 e. The van der Waals surface area contributed by atoms with E-state index in [-0.39, 0.29) is 17.2 Å². The zero-order chi connectivity index (χ0) is 46.4. The molecule has 0 saturated carbocycles. The van der Waals surface area contributed by atoms with Gasteiger partial charge in [0.2, 0.25) is 0 Å². The van der Waals surface area contributed by atoms with Crippen molar-refractivity contribution >= 4 is 7.32 Å². The quantitative estimate of drug-likeness (QED) is 0.0279. The summed E-state index contributed by atoms with van der Waals surface area (Å²) in [6, 6.07) is 10.2. The third kappa shape index (κ3) is 18.8. The fourth-order valence-corrected chi connectivity index (χ4v) is 8.36. The van der Waals surface area contributed by atoms with E-state index in [9.17, 15) is 39.5 Å². The second kappa shape index (κ2) is 27.1. The van der Waals surface area contributed by atoms with Crippen LogP contribution in [-0.4, -0.2) is 31.4 Å². The molecule has 0 aliphatic rings. The van der Waals surface area contributed by atoms with Gasteiger partial charge in [-0.15, -0.1) is 0 Å². The van der Waals surface area contributed by atoms with E-state index in [4.69, 9.17) is 14.0 Å². The standard InChI is InChI=1S/C49H70BF9NO3/c1-5-9-12-15-18-21-35-60(36-22-19-16-13-10-6-2,37-23-20-17-14-11-7-3)45(24-8-4)44-38-41(49(57,58)59)29-34-46(44)63-50(61-42-30-25-39(26-31-42)47(51,52)53)62-43-32-27-40(28-33-43)48(54,55)56/h25-34,38,45H,5-24,35-37H2,1-4H3/q+1. The number of hydrogen-bond acceptors (Lipinski definition) is 3. The molecule has 3 aromatic rings. The Morgan fingerprint density at radius 1 is 0.429 bits per heavy atom. The molecule has 0 aromatic heterocycles. The number of quaternary nitrogens is 1. The van der Waals surface area contributed by atoms with Gasteiger partial charge in [-0.1, -0.05) is 111 Å². The van der Waals surface area contributed by atoms with Crippen molar-refractivity contribution in [2.75, 3.05) is 19.6 Å². The lowest BCUT2D eigenvalue weighted by Gasteiger charge is -2.46. The Bertz CT molecular complexity index is 1580. The molecule has 3 aromatic carbocycles.